The molecule has 0 radical (unpaired) electrons. The Labute approximate surface area is 141 Å². The number of carbonyl (C=O) groups is 2. The third-order valence-electron chi connectivity index (χ3n) is 3.63. The lowest BCUT2D eigenvalue weighted by Crippen LogP contribution is -2.49. The third kappa shape index (κ3) is 5.61. The number of nitrogens with two attached hydrogens (primary N) is 1. The second-order valence-electron chi connectivity index (χ2n) is 5.48. The Morgan fingerprint density at radius 3 is 2.44 bits per heavy atom. The van der Waals surface area contributed by atoms with Crippen LogP contribution in [0.2, 0.25) is 0 Å². The predicted molar refractivity (Wildman–Crippen MR) is 80.2 cm³/mol. The molecule has 7 nitrogen and oxygen atoms in total. The highest BCUT2D eigenvalue weighted by molar-refractivity contribution is 5.80. The van der Waals surface area contributed by atoms with Crippen molar-refractivity contribution in [2.24, 2.45) is 5.84 Å². The molecule has 0 bridgehead atoms. The first-order chi connectivity index (χ1) is 11.8. The molecule has 1 aromatic rings. The van der Waals surface area contributed by atoms with Gasteiger partial charge in [0.2, 0.25) is 0 Å². The topological polar surface area (TPSA) is 103 Å². The van der Waals surface area contributed by atoms with Crippen LogP contribution in [-0.4, -0.2) is 37.2 Å². The number of hydrazine groups is 1. The molecule has 0 unspecified atom stereocenters. The van der Waals surface area contributed by atoms with Gasteiger partial charge in [-0.25, -0.2) is 5.84 Å². The van der Waals surface area contributed by atoms with Crippen molar-refractivity contribution in [1.29, 1.82) is 0 Å². The lowest BCUT2D eigenvalue weighted by atomic mass is 10.0. The number of hydrogen-bond donors (Lipinski definition) is 3. The number of alkyl halides is 3. The number of amides is 2. The van der Waals surface area contributed by atoms with Gasteiger partial charge in [-0.3, -0.25) is 15.0 Å². The molecule has 0 aliphatic carbocycles. The molecular weight excluding hydrogens is 343 g/mol. The summed E-state index contributed by atoms with van der Waals surface area (Å²) in [5.41, 5.74) is 1.21. The zero-order chi connectivity index (χ0) is 18.4. The summed E-state index contributed by atoms with van der Waals surface area (Å²) in [5.74, 6) is 4.32. The van der Waals surface area contributed by atoms with Crippen molar-refractivity contribution in [3.05, 3.63) is 29.8 Å². The van der Waals surface area contributed by atoms with Crippen molar-refractivity contribution in [3.8, 4) is 5.75 Å². The smallest absolute Gasteiger partial charge is 0.416 e. The van der Waals surface area contributed by atoms with Crippen LogP contribution in [0.3, 0.4) is 0 Å². The van der Waals surface area contributed by atoms with Crippen LogP contribution in [0.5, 0.6) is 5.75 Å². The van der Waals surface area contributed by atoms with E-state index in [2.05, 4.69) is 5.32 Å². The molecule has 1 aromatic carbocycles. The molecule has 1 saturated heterocycles. The maximum atomic E-state index is 12.4. The summed E-state index contributed by atoms with van der Waals surface area (Å²) in [6, 6.07) is 3.78. The van der Waals surface area contributed by atoms with E-state index in [4.69, 9.17) is 15.3 Å². The van der Waals surface area contributed by atoms with Crippen molar-refractivity contribution in [2.45, 2.75) is 31.2 Å². The average Bonchev–Trinajstić information content (AvgIpc) is 2.59. The molecule has 2 rings (SSSR count). The molecule has 1 aliphatic heterocycles. The van der Waals surface area contributed by atoms with Crippen LogP contribution in [0, 0.1) is 0 Å². The normalized spacial score (nSPS) is 20.6. The fourth-order valence-electron chi connectivity index (χ4n) is 2.32. The van der Waals surface area contributed by atoms with Crippen LogP contribution >= 0.6 is 0 Å². The Balaban J connectivity index is 1.73. The highest BCUT2D eigenvalue weighted by Crippen LogP contribution is 2.30. The summed E-state index contributed by atoms with van der Waals surface area (Å²) < 4.78 is 47.8. The van der Waals surface area contributed by atoms with Gasteiger partial charge in [-0.1, -0.05) is 0 Å². The largest absolute Gasteiger partial charge is 0.484 e. The zero-order valence-corrected chi connectivity index (χ0v) is 13.1. The van der Waals surface area contributed by atoms with Gasteiger partial charge in [-0.2, -0.15) is 13.2 Å². The van der Waals surface area contributed by atoms with Gasteiger partial charge in [-0.05, 0) is 37.1 Å². The first-order valence-electron chi connectivity index (χ1n) is 7.51. The van der Waals surface area contributed by atoms with Crippen molar-refractivity contribution in [3.63, 3.8) is 0 Å². The molecule has 1 fully saturated rings. The van der Waals surface area contributed by atoms with Crippen LogP contribution in [0.1, 0.15) is 18.4 Å². The second-order valence-corrected chi connectivity index (χ2v) is 5.48. The number of ether oxygens (including phenoxy) is 2. The van der Waals surface area contributed by atoms with Crippen LogP contribution in [0.15, 0.2) is 24.3 Å². The van der Waals surface area contributed by atoms with Crippen molar-refractivity contribution < 1.29 is 32.2 Å². The van der Waals surface area contributed by atoms with Gasteiger partial charge in [-0.15, -0.1) is 0 Å². The maximum Gasteiger partial charge on any atom is 0.416 e. The molecule has 0 aromatic heterocycles. The molecule has 0 saturated carbocycles. The van der Waals surface area contributed by atoms with Gasteiger partial charge in [0.05, 0.1) is 18.2 Å². The fourth-order valence-corrected chi connectivity index (χ4v) is 2.32. The van der Waals surface area contributed by atoms with Crippen LogP contribution in [-0.2, 0) is 20.5 Å². The molecule has 1 heterocycles. The summed E-state index contributed by atoms with van der Waals surface area (Å²) in [6.07, 6.45) is -4.12. The van der Waals surface area contributed by atoms with Crippen molar-refractivity contribution in [2.75, 3.05) is 13.2 Å². The molecular formula is C15H18F3N3O4. The quantitative estimate of drug-likeness (QED) is 0.408. The Bertz CT molecular complexity index is 599. The Kier molecular flexibility index (Phi) is 6.21. The number of benzene rings is 1. The van der Waals surface area contributed by atoms with Gasteiger partial charge in [0.25, 0.3) is 11.8 Å². The molecule has 0 spiro atoms. The van der Waals surface area contributed by atoms with E-state index >= 15 is 0 Å². The van der Waals surface area contributed by atoms with E-state index in [1.54, 1.807) is 0 Å². The first kappa shape index (κ1) is 19.0. The van der Waals surface area contributed by atoms with Gasteiger partial charge in [0.15, 0.2) is 6.61 Å². The molecule has 25 heavy (non-hydrogen) atoms. The molecule has 2 atom stereocenters. The number of nitrogens with one attached hydrogen (secondary N) is 2. The van der Waals surface area contributed by atoms with E-state index in [0.29, 0.717) is 12.8 Å². The maximum absolute atomic E-state index is 12.4. The average molecular weight is 361 g/mol. The summed E-state index contributed by atoms with van der Waals surface area (Å²) in [7, 11) is 0. The minimum Gasteiger partial charge on any atom is -0.484 e. The summed E-state index contributed by atoms with van der Waals surface area (Å²) in [6.45, 7) is -0.182. The lowest BCUT2D eigenvalue weighted by molar-refractivity contribution is -0.138. The minimum atomic E-state index is -4.42. The summed E-state index contributed by atoms with van der Waals surface area (Å²) in [4.78, 5) is 23.1. The Morgan fingerprint density at radius 2 is 1.92 bits per heavy atom. The van der Waals surface area contributed by atoms with Crippen molar-refractivity contribution >= 4 is 11.8 Å². The fraction of sp³-hybridized carbons (Fsp3) is 0.467. The monoisotopic (exact) mass is 361 g/mol. The van der Waals surface area contributed by atoms with Crippen LogP contribution in [0.25, 0.3) is 0 Å². The molecule has 10 heteroatoms. The Hall–Kier alpha value is -2.33. The second kappa shape index (κ2) is 8.17. The van der Waals surface area contributed by atoms with Crippen LogP contribution in [0.4, 0.5) is 13.2 Å². The standard InChI is InChI=1S/C15H18F3N3O4/c16-15(17,18)9-1-4-11(5-2-9)24-8-13(22)20-10-3-6-12(25-7-10)14(23)21-19/h1-2,4-5,10,12H,3,6-8,19H2,(H,20,22)(H,21,23)/t10-,12+/m1/s1. The van der Waals surface area contributed by atoms with E-state index in [-0.39, 0.29) is 25.0 Å². The third-order valence-corrected chi connectivity index (χ3v) is 3.63. The highest BCUT2D eigenvalue weighted by atomic mass is 19.4. The Morgan fingerprint density at radius 1 is 1.24 bits per heavy atom. The van der Waals surface area contributed by atoms with Crippen LogP contribution < -0.4 is 21.3 Å². The van der Waals surface area contributed by atoms with Gasteiger partial charge in [0, 0.05) is 0 Å². The molecule has 138 valence electrons. The zero-order valence-electron chi connectivity index (χ0n) is 13.1. The van der Waals surface area contributed by atoms with E-state index in [9.17, 15) is 22.8 Å². The molecule has 1 aliphatic rings. The van der Waals surface area contributed by atoms with Gasteiger partial charge in [0.1, 0.15) is 11.9 Å². The van der Waals surface area contributed by atoms with Crippen molar-refractivity contribution in [1.82, 2.24) is 10.7 Å². The first-order valence-corrected chi connectivity index (χ1v) is 7.51. The van der Waals surface area contributed by atoms with Gasteiger partial charge < -0.3 is 14.8 Å². The summed E-state index contributed by atoms with van der Waals surface area (Å²) >= 11 is 0. The van der Waals surface area contributed by atoms with E-state index < -0.39 is 29.7 Å². The number of hydrogen-bond acceptors (Lipinski definition) is 5. The minimum absolute atomic E-state index is 0.155. The highest BCUT2D eigenvalue weighted by Gasteiger charge is 2.30. The number of carbonyl (C=O) groups excluding carboxylic acids is 2. The summed E-state index contributed by atoms with van der Waals surface area (Å²) in [5, 5.41) is 2.67. The predicted octanol–water partition coefficient (Wildman–Crippen LogP) is 0.738. The number of halogens is 3. The molecule has 4 N–H and O–H groups in total. The van der Waals surface area contributed by atoms with E-state index in [1.165, 1.54) is 0 Å². The lowest BCUT2D eigenvalue weighted by Gasteiger charge is -2.28. The van der Waals surface area contributed by atoms with E-state index in [0.717, 1.165) is 24.3 Å². The van der Waals surface area contributed by atoms with E-state index in [1.807, 2.05) is 5.43 Å². The molecule has 2 amide bonds. The number of rotatable bonds is 5. The SMILES string of the molecule is NNC(=O)[C@@H]1CC[C@@H](NC(=O)COc2ccc(C(F)(F)F)cc2)CO1. The van der Waals surface area contributed by atoms with Gasteiger partial charge >= 0.3 is 6.18 Å².